The van der Waals surface area contributed by atoms with Crippen LogP contribution in [0, 0.1) is 13.8 Å². The Kier molecular flexibility index (Phi) is 3.72. The molecule has 0 amide bonds. The highest BCUT2D eigenvalue weighted by molar-refractivity contribution is 6.30. The molecule has 3 nitrogen and oxygen atoms in total. The zero-order valence-corrected chi connectivity index (χ0v) is 11.2. The van der Waals surface area contributed by atoms with Gasteiger partial charge in [0.2, 0.25) is 0 Å². The van der Waals surface area contributed by atoms with Crippen molar-refractivity contribution in [3.63, 3.8) is 0 Å². The second-order valence-corrected chi connectivity index (χ2v) is 4.61. The maximum Gasteiger partial charge on any atom is 0.131 e. The van der Waals surface area contributed by atoms with Crippen molar-refractivity contribution >= 4 is 17.3 Å². The van der Waals surface area contributed by atoms with Gasteiger partial charge in [-0.15, -0.1) is 0 Å². The van der Waals surface area contributed by atoms with Crippen LogP contribution in [0.25, 0.3) is 0 Å². The van der Waals surface area contributed by atoms with Crippen LogP contribution in [0.2, 0.25) is 5.02 Å². The highest BCUT2D eigenvalue weighted by atomic mass is 35.5. The normalized spacial score (nSPS) is 10.4. The lowest BCUT2D eigenvalue weighted by atomic mass is 10.1. The van der Waals surface area contributed by atoms with Crippen LogP contribution < -0.4 is 10.5 Å². The number of nitrogens with two attached hydrogens (primary N) is 1. The minimum absolute atomic E-state index is 0.401. The third-order valence-corrected chi connectivity index (χ3v) is 3.12. The Hall–Kier alpha value is -1.74. The van der Waals surface area contributed by atoms with E-state index in [-0.39, 0.29) is 0 Å². The molecule has 0 unspecified atom stereocenters. The zero-order chi connectivity index (χ0) is 13.1. The van der Waals surface area contributed by atoms with E-state index in [9.17, 15) is 0 Å². The van der Waals surface area contributed by atoms with Crippen molar-refractivity contribution in [3.05, 3.63) is 52.3 Å². The minimum Gasteiger partial charge on any atom is -0.487 e. The van der Waals surface area contributed by atoms with Crippen molar-refractivity contribution in [2.75, 3.05) is 5.73 Å². The van der Waals surface area contributed by atoms with Gasteiger partial charge in [0, 0.05) is 16.9 Å². The molecule has 0 aliphatic carbocycles. The van der Waals surface area contributed by atoms with Gasteiger partial charge < -0.3 is 10.5 Å². The second-order valence-electron chi connectivity index (χ2n) is 4.17. The predicted octanol–water partition coefficient (Wildman–Crippen LogP) is 3.51. The van der Waals surface area contributed by atoms with E-state index >= 15 is 0 Å². The lowest BCUT2D eigenvalue weighted by molar-refractivity contribution is 0.300. The first kappa shape index (κ1) is 12.7. The van der Waals surface area contributed by atoms with Crippen molar-refractivity contribution in [1.29, 1.82) is 0 Å². The molecule has 0 spiro atoms. The summed E-state index contributed by atoms with van der Waals surface area (Å²) < 4.78 is 5.65. The summed E-state index contributed by atoms with van der Waals surface area (Å²) in [6.07, 6.45) is 1.77. The molecule has 2 N–H and O–H groups in total. The molecular formula is C14H15ClN2O. The first-order valence-electron chi connectivity index (χ1n) is 5.67. The molecule has 1 heterocycles. The molecule has 0 atom stereocenters. The average Bonchev–Trinajstić information content (AvgIpc) is 2.37. The number of anilines is 1. The van der Waals surface area contributed by atoms with Crippen molar-refractivity contribution in [2.24, 2.45) is 0 Å². The van der Waals surface area contributed by atoms with Gasteiger partial charge in [-0.3, -0.25) is 4.98 Å². The van der Waals surface area contributed by atoms with Crippen molar-refractivity contribution in [3.8, 4) is 5.75 Å². The molecule has 94 valence electrons. The van der Waals surface area contributed by atoms with Crippen molar-refractivity contribution in [2.45, 2.75) is 20.5 Å². The Balaban J connectivity index is 2.11. The number of aromatic nitrogens is 1. The lowest BCUT2D eigenvalue weighted by Crippen LogP contribution is -2.05. The van der Waals surface area contributed by atoms with Crippen LogP contribution in [0.1, 0.15) is 16.8 Å². The quantitative estimate of drug-likeness (QED) is 0.921. The second kappa shape index (κ2) is 5.27. The van der Waals surface area contributed by atoms with Crippen molar-refractivity contribution in [1.82, 2.24) is 4.98 Å². The van der Waals surface area contributed by atoms with E-state index in [1.54, 1.807) is 18.3 Å². The fourth-order valence-corrected chi connectivity index (χ4v) is 1.75. The van der Waals surface area contributed by atoms with Gasteiger partial charge in [0.15, 0.2) is 0 Å². The number of rotatable bonds is 3. The fraction of sp³-hybridized carbons (Fsp3) is 0.214. The molecule has 4 heteroatoms. The van der Waals surface area contributed by atoms with E-state index in [1.807, 2.05) is 26.0 Å². The van der Waals surface area contributed by atoms with Gasteiger partial charge in [-0.2, -0.15) is 0 Å². The van der Waals surface area contributed by atoms with Crippen LogP contribution in [-0.4, -0.2) is 4.98 Å². The summed E-state index contributed by atoms with van der Waals surface area (Å²) in [5.41, 5.74) is 9.56. The Bertz CT molecular complexity index is 552. The Labute approximate surface area is 112 Å². The summed E-state index contributed by atoms with van der Waals surface area (Å²) in [6, 6.07) is 7.24. The lowest BCUT2D eigenvalue weighted by Gasteiger charge is -2.11. The molecule has 1 aromatic heterocycles. The monoisotopic (exact) mass is 262 g/mol. The maximum absolute atomic E-state index is 5.96. The maximum atomic E-state index is 5.96. The minimum atomic E-state index is 0.401. The Morgan fingerprint density at radius 2 is 1.89 bits per heavy atom. The molecule has 0 aliphatic rings. The molecule has 0 radical (unpaired) electrons. The van der Waals surface area contributed by atoms with E-state index in [1.165, 1.54) is 0 Å². The number of benzene rings is 1. The summed E-state index contributed by atoms with van der Waals surface area (Å²) in [6.45, 7) is 4.30. The number of nitrogen functional groups attached to an aromatic ring is 1. The highest BCUT2D eigenvalue weighted by Gasteiger charge is 2.06. The van der Waals surface area contributed by atoms with Gasteiger partial charge in [-0.25, -0.2) is 0 Å². The van der Waals surface area contributed by atoms with Crippen LogP contribution in [-0.2, 0) is 6.61 Å². The largest absolute Gasteiger partial charge is 0.487 e. The third-order valence-electron chi connectivity index (χ3n) is 2.86. The first-order chi connectivity index (χ1) is 8.58. The van der Waals surface area contributed by atoms with Crippen LogP contribution in [0.5, 0.6) is 5.75 Å². The summed E-state index contributed by atoms with van der Waals surface area (Å²) in [4.78, 5) is 4.34. The van der Waals surface area contributed by atoms with Gasteiger partial charge in [0.05, 0.1) is 5.69 Å². The summed E-state index contributed by atoms with van der Waals surface area (Å²) in [5, 5.41) is 0.691. The van der Waals surface area contributed by atoms with Gasteiger partial charge in [-0.05, 0) is 49.2 Å². The van der Waals surface area contributed by atoms with Crippen LogP contribution in [0.4, 0.5) is 5.69 Å². The number of ether oxygens (including phenoxy) is 1. The van der Waals surface area contributed by atoms with Crippen LogP contribution in [0.3, 0.4) is 0 Å². The fourth-order valence-electron chi connectivity index (χ4n) is 1.62. The molecule has 2 aromatic rings. The molecule has 18 heavy (non-hydrogen) atoms. The highest BCUT2D eigenvalue weighted by Crippen LogP contribution is 2.20. The van der Waals surface area contributed by atoms with E-state index in [0.717, 1.165) is 28.3 Å². The number of halogens is 1. The van der Waals surface area contributed by atoms with E-state index in [0.29, 0.717) is 11.6 Å². The summed E-state index contributed by atoms with van der Waals surface area (Å²) >= 11 is 5.81. The molecule has 0 aliphatic heterocycles. The molecular weight excluding hydrogens is 248 g/mol. The molecule has 0 saturated heterocycles. The molecule has 0 fully saturated rings. The van der Waals surface area contributed by atoms with Gasteiger partial charge in [0.1, 0.15) is 12.4 Å². The average molecular weight is 263 g/mol. The SMILES string of the molecule is Cc1cnc(COc2ccc(Cl)cc2)c(C)c1N. The molecule has 0 bridgehead atoms. The van der Waals surface area contributed by atoms with Crippen LogP contribution >= 0.6 is 11.6 Å². The van der Waals surface area contributed by atoms with Crippen LogP contribution in [0.15, 0.2) is 30.5 Å². The summed E-state index contributed by atoms with van der Waals surface area (Å²) in [5.74, 6) is 0.764. The smallest absolute Gasteiger partial charge is 0.131 e. The van der Waals surface area contributed by atoms with Gasteiger partial charge in [-0.1, -0.05) is 11.6 Å². The Morgan fingerprint density at radius 3 is 2.56 bits per heavy atom. The van der Waals surface area contributed by atoms with E-state index < -0.39 is 0 Å². The van der Waals surface area contributed by atoms with Gasteiger partial charge >= 0.3 is 0 Å². The molecule has 0 saturated carbocycles. The number of nitrogens with zero attached hydrogens (tertiary/aromatic N) is 1. The van der Waals surface area contributed by atoms with E-state index in [2.05, 4.69) is 4.98 Å². The summed E-state index contributed by atoms with van der Waals surface area (Å²) in [7, 11) is 0. The predicted molar refractivity (Wildman–Crippen MR) is 73.9 cm³/mol. The number of aryl methyl sites for hydroxylation is 1. The first-order valence-corrected chi connectivity index (χ1v) is 6.04. The molecule has 1 aromatic carbocycles. The standard InChI is InChI=1S/C14H15ClN2O/c1-9-7-17-13(10(2)14(9)16)8-18-12-5-3-11(15)4-6-12/h3-7H,8H2,1-2H3,(H2,16,17). The molecule has 2 rings (SSSR count). The number of pyridine rings is 1. The third kappa shape index (κ3) is 2.74. The number of hydrogen-bond acceptors (Lipinski definition) is 3. The van der Waals surface area contributed by atoms with Gasteiger partial charge in [0.25, 0.3) is 0 Å². The zero-order valence-electron chi connectivity index (χ0n) is 10.4. The Morgan fingerprint density at radius 1 is 1.22 bits per heavy atom. The van der Waals surface area contributed by atoms with Crippen molar-refractivity contribution < 1.29 is 4.74 Å². The topological polar surface area (TPSA) is 48.1 Å². The number of hydrogen-bond donors (Lipinski definition) is 1. The van der Waals surface area contributed by atoms with E-state index in [4.69, 9.17) is 22.1 Å².